The van der Waals surface area contributed by atoms with Crippen LogP contribution in [-0.4, -0.2) is 19.7 Å². The van der Waals surface area contributed by atoms with E-state index in [1.54, 1.807) is 12.7 Å². The monoisotopic (exact) mass is 216 g/mol. The Morgan fingerprint density at radius 3 is 2.25 bits per heavy atom. The van der Waals surface area contributed by atoms with Crippen LogP contribution in [0.5, 0.6) is 0 Å². The molecule has 2 heterocycles. The summed E-state index contributed by atoms with van der Waals surface area (Å²) < 4.78 is 1.89. The molecule has 0 aromatic carbocycles. The molecular formula is C12H16N4. The predicted molar refractivity (Wildman–Crippen MR) is 62.6 cm³/mol. The maximum atomic E-state index is 4.56. The van der Waals surface area contributed by atoms with Crippen LogP contribution in [0.25, 0.3) is 5.69 Å². The van der Waals surface area contributed by atoms with E-state index in [1.807, 2.05) is 17.6 Å². The maximum absolute atomic E-state index is 4.56. The minimum absolute atomic E-state index is 0.0504. The van der Waals surface area contributed by atoms with Gasteiger partial charge in [0.1, 0.15) is 12.7 Å². The third-order valence-electron chi connectivity index (χ3n) is 2.42. The summed E-state index contributed by atoms with van der Waals surface area (Å²) in [5.74, 6) is 0. The molecule has 0 spiro atoms. The van der Waals surface area contributed by atoms with Crippen molar-refractivity contribution in [2.45, 2.75) is 33.1 Å². The van der Waals surface area contributed by atoms with Gasteiger partial charge in [-0.1, -0.05) is 20.8 Å². The molecule has 0 atom stereocenters. The van der Waals surface area contributed by atoms with Gasteiger partial charge >= 0.3 is 0 Å². The zero-order chi connectivity index (χ0) is 11.8. The molecule has 4 nitrogen and oxygen atoms in total. The molecule has 0 aliphatic heterocycles. The van der Waals surface area contributed by atoms with Crippen LogP contribution in [0.1, 0.15) is 32.2 Å². The van der Waals surface area contributed by atoms with E-state index in [0.717, 1.165) is 17.1 Å². The van der Waals surface area contributed by atoms with Crippen LogP contribution in [0, 0.1) is 6.92 Å². The molecule has 0 saturated carbocycles. The van der Waals surface area contributed by atoms with Crippen LogP contribution in [0.4, 0.5) is 0 Å². The van der Waals surface area contributed by atoms with Crippen LogP contribution < -0.4 is 0 Å². The Morgan fingerprint density at radius 1 is 1.06 bits per heavy atom. The molecule has 0 aliphatic carbocycles. The number of hydrogen-bond acceptors (Lipinski definition) is 3. The fourth-order valence-electron chi connectivity index (χ4n) is 1.52. The highest BCUT2D eigenvalue weighted by Gasteiger charge is 2.16. The van der Waals surface area contributed by atoms with Gasteiger partial charge in [0.05, 0.1) is 5.69 Å². The Kier molecular flexibility index (Phi) is 2.50. The van der Waals surface area contributed by atoms with Gasteiger partial charge in [0.25, 0.3) is 0 Å². The summed E-state index contributed by atoms with van der Waals surface area (Å²) in [6.45, 7) is 8.48. The normalized spacial score (nSPS) is 11.8. The number of rotatable bonds is 1. The fourth-order valence-corrected chi connectivity index (χ4v) is 1.52. The van der Waals surface area contributed by atoms with Gasteiger partial charge in [-0.05, 0) is 19.1 Å². The van der Waals surface area contributed by atoms with E-state index in [2.05, 4.69) is 42.0 Å². The lowest BCUT2D eigenvalue weighted by molar-refractivity contribution is 0.566. The third kappa shape index (κ3) is 2.10. The molecular weight excluding hydrogens is 200 g/mol. The zero-order valence-corrected chi connectivity index (χ0v) is 10.1. The first kappa shape index (κ1) is 10.8. The van der Waals surface area contributed by atoms with Crippen molar-refractivity contribution in [1.82, 2.24) is 19.7 Å². The van der Waals surface area contributed by atoms with E-state index in [0.29, 0.717) is 0 Å². The molecule has 0 saturated heterocycles. The third-order valence-corrected chi connectivity index (χ3v) is 2.42. The molecule has 0 bridgehead atoms. The van der Waals surface area contributed by atoms with Gasteiger partial charge in [0, 0.05) is 16.8 Å². The molecule has 2 aromatic heterocycles. The first-order chi connectivity index (χ1) is 7.47. The highest BCUT2D eigenvalue weighted by Crippen LogP contribution is 2.22. The Labute approximate surface area is 95.4 Å². The van der Waals surface area contributed by atoms with E-state index in [1.165, 1.54) is 0 Å². The van der Waals surface area contributed by atoms with Gasteiger partial charge in [-0.2, -0.15) is 0 Å². The second-order valence-corrected chi connectivity index (χ2v) is 4.97. The van der Waals surface area contributed by atoms with Gasteiger partial charge in [-0.25, -0.2) is 0 Å². The van der Waals surface area contributed by atoms with Crippen molar-refractivity contribution in [3.05, 3.63) is 36.2 Å². The van der Waals surface area contributed by atoms with Crippen molar-refractivity contribution in [2.24, 2.45) is 0 Å². The Hall–Kier alpha value is -1.71. The average molecular weight is 216 g/mol. The summed E-state index contributed by atoms with van der Waals surface area (Å²) >= 11 is 0. The molecule has 0 fully saturated rings. The molecule has 16 heavy (non-hydrogen) atoms. The van der Waals surface area contributed by atoms with Crippen molar-refractivity contribution in [3.8, 4) is 5.69 Å². The van der Waals surface area contributed by atoms with Crippen LogP contribution in [0.3, 0.4) is 0 Å². The highest BCUT2D eigenvalue weighted by atomic mass is 15.2. The largest absolute Gasteiger partial charge is 0.288 e. The van der Waals surface area contributed by atoms with Crippen molar-refractivity contribution >= 4 is 0 Å². The molecule has 84 valence electrons. The summed E-state index contributed by atoms with van der Waals surface area (Å²) in [4.78, 5) is 4.56. The highest BCUT2D eigenvalue weighted by molar-refractivity contribution is 5.36. The van der Waals surface area contributed by atoms with Crippen molar-refractivity contribution in [1.29, 1.82) is 0 Å². The molecule has 0 amide bonds. The second-order valence-electron chi connectivity index (χ2n) is 4.97. The smallest absolute Gasteiger partial charge is 0.123 e. The topological polar surface area (TPSA) is 43.6 Å². The number of nitrogens with zero attached hydrogens (tertiary/aromatic N) is 4. The first-order valence-electron chi connectivity index (χ1n) is 5.31. The summed E-state index contributed by atoms with van der Waals surface area (Å²) in [5.41, 5.74) is 3.20. The fraction of sp³-hybridized carbons (Fsp3) is 0.417. The van der Waals surface area contributed by atoms with Gasteiger partial charge in [0.15, 0.2) is 0 Å². The molecule has 2 aromatic rings. The SMILES string of the molecule is Cc1cc(-n2cnnc2)cc(C(C)(C)C)n1. The maximum Gasteiger partial charge on any atom is 0.123 e. The van der Waals surface area contributed by atoms with Gasteiger partial charge in [-0.3, -0.25) is 9.55 Å². The number of aromatic nitrogens is 4. The summed E-state index contributed by atoms with van der Waals surface area (Å²) in [5, 5.41) is 7.63. The van der Waals surface area contributed by atoms with E-state index in [9.17, 15) is 0 Å². The number of pyridine rings is 1. The van der Waals surface area contributed by atoms with E-state index >= 15 is 0 Å². The van der Waals surface area contributed by atoms with E-state index in [-0.39, 0.29) is 5.41 Å². The van der Waals surface area contributed by atoms with Crippen molar-refractivity contribution < 1.29 is 0 Å². The van der Waals surface area contributed by atoms with Crippen molar-refractivity contribution in [2.75, 3.05) is 0 Å². The minimum atomic E-state index is 0.0504. The number of aryl methyl sites for hydroxylation is 1. The lowest BCUT2D eigenvalue weighted by atomic mass is 9.91. The number of hydrogen-bond donors (Lipinski definition) is 0. The van der Waals surface area contributed by atoms with E-state index < -0.39 is 0 Å². The van der Waals surface area contributed by atoms with Gasteiger partial charge < -0.3 is 0 Å². The molecule has 0 radical (unpaired) electrons. The molecule has 0 N–H and O–H groups in total. The Morgan fingerprint density at radius 2 is 1.69 bits per heavy atom. The van der Waals surface area contributed by atoms with Crippen LogP contribution in [-0.2, 0) is 5.41 Å². The Bertz CT molecular complexity index is 480. The minimum Gasteiger partial charge on any atom is -0.288 e. The van der Waals surface area contributed by atoms with Gasteiger partial charge in [0.2, 0.25) is 0 Å². The second kappa shape index (κ2) is 3.70. The van der Waals surface area contributed by atoms with Gasteiger partial charge in [-0.15, -0.1) is 10.2 Å². The lowest BCUT2D eigenvalue weighted by Gasteiger charge is -2.19. The molecule has 0 aliphatic rings. The lowest BCUT2D eigenvalue weighted by Crippen LogP contribution is -2.14. The molecule has 2 rings (SSSR count). The molecule has 4 heteroatoms. The average Bonchev–Trinajstić information content (AvgIpc) is 2.68. The summed E-state index contributed by atoms with van der Waals surface area (Å²) in [6, 6.07) is 4.11. The predicted octanol–water partition coefficient (Wildman–Crippen LogP) is 2.27. The summed E-state index contributed by atoms with van der Waals surface area (Å²) in [6.07, 6.45) is 3.39. The van der Waals surface area contributed by atoms with Crippen molar-refractivity contribution in [3.63, 3.8) is 0 Å². The summed E-state index contributed by atoms with van der Waals surface area (Å²) in [7, 11) is 0. The van der Waals surface area contributed by atoms with Crippen LogP contribution in [0.2, 0.25) is 0 Å². The van der Waals surface area contributed by atoms with Crippen LogP contribution in [0.15, 0.2) is 24.8 Å². The van der Waals surface area contributed by atoms with Crippen LogP contribution >= 0.6 is 0 Å². The first-order valence-corrected chi connectivity index (χ1v) is 5.31. The quantitative estimate of drug-likeness (QED) is 0.734. The Balaban J connectivity index is 2.53. The zero-order valence-electron chi connectivity index (χ0n) is 10.1. The van der Waals surface area contributed by atoms with E-state index in [4.69, 9.17) is 0 Å². The molecule has 0 unspecified atom stereocenters. The standard InChI is InChI=1S/C12H16N4/c1-9-5-10(16-7-13-14-8-16)6-11(15-9)12(2,3)4/h5-8H,1-4H3.